The quantitative estimate of drug-likeness (QED) is 0.548. The maximum absolute atomic E-state index is 11.7. The van der Waals surface area contributed by atoms with Gasteiger partial charge in [-0.3, -0.25) is 4.79 Å². The standard InChI is InChI=1S/C12H12N2O.C3H4/c1-9-11(12(15)14(2)13-9)8-10-6-4-3-5-7-10;1-3-2/h3-8H,1-2H3;1H,2H3/b11-8-;. The average Bonchev–Trinajstić information content (AvgIpc) is 2.58. The lowest BCUT2D eigenvalue weighted by Crippen LogP contribution is -2.16. The van der Waals surface area contributed by atoms with Crippen molar-refractivity contribution in [3.63, 3.8) is 0 Å². The molecule has 18 heavy (non-hydrogen) atoms. The van der Waals surface area contributed by atoms with Crippen molar-refractivity contribution < 1.29 is 4.79 Å². The molecule has 1 aliphatic rings. The average molecular weight is 240 g/mol. The van der Waals surface area contributed by atoms with E-state index in [9.17, 15) is 4.79 Å². The Kier molecular flexibility index (Phi) is 4.89. The van der Waals surface area contributed by atoms with Crippen molar-refractivity contribution in [2.45, 2.75) is 13.8 Å². The van der Waals surface area contributed by atoms with Gasteiger partial charge in [-0.15, -0.1) is 12.3 Å². The van der Waals surface area contributed by atoms with Crippen molar-refractivity contribution >= 4 is 17.7 Å². The largest absolute Gasteiger partial charge is 0.275 e. The van der Waals surface area contributed by atoms with Gasteiger partial charge in [0.05, 0.1) is 11.3 Å². The lowest BCUT2D eigenvalue weighted by atomic mass is 10.1. The van der Waals surface area contributed by atoms with Gasteiger partial charge in [-0.25, -0.2) is 5.01 Å². The highest BCUT2D eigenvalue weighted by atomic mass is 16.2. The van der Waals surface area contributed by atoms with E-state index in [1.165, 1.54) is 5.01 Å². The van der Waals surface area contributed by atoms with Crippen LogP contribution in [0.5, 0.6) is 0 Å². The summed E-state index contributed by atoms with van der Waals surface area (Å²) in [4.78, 5) is 11.7. The lowest BCUT2D eigenvalue weighted by molar-refractivity contribution is -0.124. The monoisotopic (exact) mass is 240 g/mol. The molecule has 0 aromatic heterocycles. The van der Waals surface area contributed by atoms with E-state index in [0.717, 1.165) is 11.3 Å². The van der Waals surface area contributed by atoms with Crippen LogP contribution in [0.15, 0.2) is 41.0 Å². The molecule has 0 aliphatic carbocycles. The summed E-state index contributed by atoms with van der Waals surface area (Å²) >= 11 is 0. The van der Waals surface area contributed by atoms with Crippen LogP contribution in [-0.2, 0) is 4.79 Å². The SMILES string of the molecule is C#CC.CC1=NN(C)C(=O)/C1=C\c1ccccc1. The normalized spacial score (nSPS) is 15.9. The number of hydrogen-bond acceptors (Lipinski definition) is 2. The second-order valence-corrected chi connectivity index (χ2v) is 3.77. The Bertz CT molecular complexity index is 521. The summed E-state index contributed by atoms with van der Waals surface area (Å²) in [5.74, 6) is 2.20. The molecule has 0 unspecified atom stereocenters. The highest BCUT2D eigenvalue weighted by Gasteiger charge is 2.23. The van der Waals surface area contributed by atoms with Gasteiger partial charge in [-0.05, 0) is 25.5 Å². The summed E-state index contributed by atoms with van der Waals surface area (Å²) in [5.41, 5.74) is 2.46. The molecule has 3 nitrogen and oxygen atoms in total. The number of amides is 1. The molecule has 92 valence electrons. The molecule has 0 saturated carbocycles. The zero-order valence-electron chi connectivity index (χ0n) is 10.8. The molecule has 0 N–H and O–H groups in total. The van der Waals surface area contributed by atoms with Gasteiger partial charge in [0.15, 0.2) is 0 Å². The van der Waals surface area contributed by atoms with Crippen molar-refractivity contribution in [1.29, 1.82) is 0 Å². The molecular formula is C15H16N2O. The van der Waals surface area contributed by atoms with Crippen molar-refractivity contribution in [3.8, 4) is 12.3 Å². The van der Waals surface area contributed by atoms with Crippen molar-refractivity contribution in [2.24, 2.45) is 5.10 Å². The van der Waals surface area contributed by atoms with Gasteiger partial charge in [0.25, 0.3) is 5.91 Å². The Balaban J connectivity index is 0.000000492. The van der Waals surface area contributed by atoms with Crippen molar-refractivity contribution in [3.05, 3.63) is 41.5 Å². The van der Waals surface area contributed by atoms with E-state index in [1.54, 1.807) is 14.0 Å². The molecule has 1 heterocycles. The van der Waals surface area contributed by atoms with Crippen LogP contribution < -0.4 is 0 Å². The third-order valence-electron chi connectivity index (χ3n) is 2.32. The van der Waals surface area contributed by atoms with E-state index in [2.05, 4.69) is 17.4 Å². The highest BCUT2D eigenvalue weighted by Crippen LogP contribution is 2.16. The molecule has 0 spiro atoms. The summed E-state index contributed by atoms with van der Waals surface area (Å²) in [6, 6.07) is 9.77. The third-order valence-corrected chi connectivity index (χ3v) is 2.32. The molecule has 0 saturated heterocycles. The molecule has 0 radical (unpaired) electrons. The van der Waals surface area contributed by atoms with Gasteiger partial charge < -0.3 is 0 Å². The summed E-state index contributed by atoms with van der Waals surface area (Å²) in [6.45, 7) is 3.50. The molecule has 0 fully saturated rings. The molecule has 1 aromatic rings. The fourth-order valence-electron chi connectivity index (χ4n) is 1.54. The number of carbonyl (C=O) groups is 1. The summed E-state index contributed by atoms with van der Waals surface area (Å²) in [6.07, 6.45) is 6.46. The van der Waals surface area contributed by atoms with Crippen LogP contribution in [0.1, 0.15) is 19.4 Å². The minimum atomic E-state index is -0.0450. The van der Waals surface area contributed by atoms with Gasteiger partial charge >= 0.3 is 0 Å². The predicted molar refractivity (Wildman–Crippen MR) is 74.8 cm³/mol. The predicted octanol–water partition coefficient (Wildman–Crippen LogP) is 2.56. The topological polar surface area (TPSA) is 32.7 Å². The zero-order chi connectivity index (χ0) is 13.5. The Labute approximate surface area is 108 Å². The van der Waals surface area contributed by atoms with Crippen LogP contribution in [-0.4, -0.2) is 23.7 Å². The number of hydrogen-bond donors (Lipinski definition) is 0. The number of rotatable bonds is 1. The maximum Gasteiger partial charge on any atom is 0.275 e. The second kappa shape index (κ2) is 6.41. The van der Waals surface area contributed by atoms with Gasteiger partial charge in [0, 0.05) is 7.05 Å². The fourth-order valence-corrected chi connectivity index (χ4v) is 1.54. The Hall–Kier alpha value is -2.34. The first-order valence-corrected chi connectivity index (χ1v) is 5.58. The van der Waals surface area contributed by atoms with Gasteiger partial charge in [-0.2, -0.15) is 5.10 Å². The molecule has 0 bridgehead atoms. The Morgan fingerprint density at radius 2 is 1.89 bits per heavy atom. The van der Waals surface area contributed by atoms with E-state index in [-0.39, 0.29) is 5.91 Å². The van der Waals surface area contributed by atoms with Crippen molar-refractivity contribution in [1.82, 2.24) is 5.01 Å². The maximum atomic E-state index is 11.7. The van der Waals surface area contributed by atoms with E-state index in [0.29, 0.717) is 5.57 Å². The number of carbonyl (C=O) groups excluding carboxylic acids is 1. The first kappa shape index (κ1) is 13.7. The molecule has 1 aromatic carbocycles. The Morgan fingerprint density at radius 1 is 1.33 bits per heavy atom. The lowest BCUT2D eigenvalue weighted by Gasteiger charge is -2.01. The molecular weight excluding hydrogens is 224 g/mol. The van der Waals surface area contributed by atoms with Crippen LogP contribution in [0.3, 0.4) is 0 Å². The zero-order valence-corrected chi connectivity index (χ0v) is 10.8. The van der Waals surface area contributed by atoms with E-state index in [4.69, 9.17) is 0 Å². The molecule has 0 atom stereocenters. The van der Waals surface area contributed by atoms with Gasteiger partial charge in [0.1, 0.15) is 0 Å². The number of hydrazone groups is 1. The van der Waals surface area contributed by atoms with Crippen molar-refractivity contribution in [2.75, 3.05) is 7.05 Å². The van der Waals surface area contributed by atoms with Gasteiger partial charge in [0.2, 0.25) is 0 Å². The molecule has 1 aliphatic heterocycles. The van der Waals surface area contributed by atoms with Crippen LogP contribution in [0.4, 0.5) is 0 Å². The Morgan fingerprint density at radius 3 is 2.33 bits per heavy atom. The molecule has 1 amide bonds. The second-order valence-electron chi connectivity index (χ2n) is 3.77. The van der Waals surface area contributed by atoms with E-state index < -0.39 is 0 Å². The highest BCUT2D eigenvalue weighted by molar-refractivity contribution is 6.26. The van der Waals surface area contributed by atoms with Gasteiger partial charge in [-0.1, -0.05) is 30.3 Å². The number of likely N-dealkylation sites (N-methyl/N-ethyl adjacent to an activating group) is 1. The molecule has 3 heteroatoms. The minimum absolute atomic E-state index is 0.0450. The summed E-state index contributed by atoms with van der Waals surface area (Å²) in [7, 11) is 1.66. The van der Waals surface area contributed by atoms with E-state index in [1.807, 2.05) is 43.3 Å². The number of terminal acetylenes is 1. The molecule has 2 rings (SSSR count). The summed E-state index contributed by atoms with van der Waals surface area (Å²) in [5, 5.41) is 5.44. The first-order valence-electron chi connectivity index (χ1n) is 5.58. The van der Waals surface area contributed by atoms with Crippen LogP contribution >= 0.6 is 0 Å². The van der Waals surface area contributed by atoms with Crippen LogP contribution in [0, 0.1) is 12.3 Å². The summed E-state index contributed by atoms with van der Waals surface area (Å²) < 4.78 is 0. The number of benzene rings is 1. The number of nitrogens with zero attached hydrogens (tertiary/aromatic N) is 2. The van der Waals surface area contributed by atoms with E-state index >= 15 is 0 Å². The first-order chi connectivity index (χ1) is 8.60. The minimum Gasteiger partial charge on any atom is -0.267 e. The van der Waals surface area contributed by atoms with Crippen LogP contribution in [0.2, 0.25) is 0 Å². The van der Waals surface area contributed by atoms with Crippen LogP contribution in [0.25, 0.3) is 6.08 Å². The fraction of sp³-hybridized carbons (Fsp3) is 0.200. The smallest absolute Gasteiger partial charge is 0.267 e. The third kappa shape index (κ3) is 3.33.